The molecule has 0 amide bonds. The maximum atomic E-state index is 13.3. The maximum Gasteiger partial charge on any atom is 0.193 e. The average Bonchev–Trinajstić information content (AvgIpc) is 3.17. The third-order valence-corrected chi connectivity index (χ3v) is 3.95. The SMILES string of the molecule is CN=C(NCc1cccc(-c2ncn[nH]2)c1)N(C)Cc1cccc(F)c1. The average molecular weight is 352 g/mol. The molecule has 0 bridgehead atoms. The number of benzene rings is 2. The Morgan fingerprint density at radius 2 is 2.00 bits per heavy atom. The summed E-state index contributed by atoms with van der Waals surface area (Å²) in [5.41, 5.74) is 2.96. The molecule has 1 aromatic heterocycles. The molecule has 7 heteroatoms. The monoisotopic (exact) mass is 352 g/mol. The highest BCUT2D eigenvalue weighted by atomic mass is 19.1. The molecule has 26 heavy (non-hydrogen) atoms. The highest BCUT2D eigenvalue weighted by Gasteiger charge is 2.08. The zero-order valence-corrected chi connectivity index (χ0v) is 14.8. The van der Waals surface area contributed by atoms with Gasteiger partial charge in [-0.15, -0.1) is 0 Å². The Balaban J connectivity index is 1.63. The van der Waals surface area contributed by atoms with E-state index in [-0.39, 0.29) is 5.82 Å². The van der Waals surface area contributed by atoms with Crippen LogP contribution in [0, 0.1) is 5.82 Å². The second kappa shape index (κ2) is 8.24. The zero-order valence-electron chi connectivity index (χ0n) is 14.8. The van der Waals surface area contributed by atoms with Crippen molar-refractivity contribution in [3.63, 3.8) is 0 Å². The normalized spacial score (nSPS) is 11.4. The lowest BCUT2D eigenvalue weighted by atomic mass is 10.1. The van der Waals surface area contributed by atoms with Crippen molar-refractivity contribution in [1.29, 1.82) is 0 Å². The molecule has 1 heterocycles. The van der Waals surface area contributed by atoms with Crippen molar-refractivity contribution in [3.05, 3.63) is 71.8 Å². The van der Waals surface area contributed by atoms with Crippen molar-refractivity contribution < 1.29 is 4.39 Å². The van der Waals surface area contributed by atoms with Gasteiger partial charge in [0.1, 0.15) is 12.1 Å². The van der Waals surface area contributed by atoms with Crippen LogP contribution in [0.5, 0.6) is 0 Å². The van der Waals surface area contributed by atoms with Gasteiger partial charge in [0, 0.05) is 32.7 Å². The summed E-state index contributed by atoms with van der Waals surface area (Å²) < 4.78 is 13.3. The number of rotatable bonds is 5. The molecule has 3 rings (SSSR count). The molecular weight excluding hydrogens is 331 g/mol. The van der Waals surface area contributed by atoms with Gasteiger partial charge in [0.25, 0.3) is 0 Å². The molecule has 2 aromatic carbocycles. The molecule has 0 radical (unpaired) electrons. The Hall–Kier alpha value is -3.22. The van der Waals surface area contributed by atoms with E-state index in [1.807, 2.05) is 42.3 Å². The molecule has 0 atom stereocenters. The number of guanidine groups is 1. The van der Waals surface area contributed by atoms with Crippen LogP contribution in [-0.4, -0.2) is 40.1 Å². The van der Waals surface area contributed by atoms with Crippen LogP contribution in [-0.2, 0) is 13.1 Å². The number of halogens is 1. The zero-order chi connectivity index (χ0) is 18.4. The van der Waals surface area contributed by atoms with Gasteiger partial charge < -0.3 is 10.2 Å². The molecule has 0 aliphatic rings. The first-order chi connectivity index (χ1) is 12.7. The van der Waals surface area contributed by atoms with Crippen LogP contribution < -0.4 is 5.32 Å². The number of aliphatic imine (C=N–C) groups is 1. The van der Waals surface area contributed by atoms with E-state index < -0.39 is 0 Å². The van der Waals surface area contributed by atoms with Crippen LogP contribution in [0.3, 0.4) is 0 Å². The van der Waals surface area contributed by atoms with Crippen molar-refractivity contribution >= 4 is 5.96 Å². The lowest BCUT2D eigenvalue weighted by Gasteiger charge is -2.22. The Kier molecular flexibility index (Phi) is 5.58. The van der Waals surface area contributed by atoms with Crippen LogP contribution in [0.1, 0.15) is 11.1 Å². The van der Waals surface area contributed by atoms with E-state index in [1.165, 1.54) is 18.5 Å². The summed E-state index contributed by atoms with van der Waals surface area (Å²) in [5, 5.41) is 10.1. The van der Waals surface area contributed by atoms with E-state index in [1.54, 1.807) is 13.1 Å². The molecule has 0 spiro atoms. The molecule has 134 valence electrons. The molecule has 0 saturated heterocycles. The number of hydrogen-bond donors (Lipinski definition) is 2. The molecule has 0 saturated carbocycles. The van der Waals surface area contributed by atoms with Crippen molar-refractivity contribution in [2.75, 3.05) is 14.1 Å². The van der Waals surface area contributed by atoms with Crippen molar-refractivity contribution in [2.24, 2.45) is 4.99 Å². The molecule has 2 N–H and O–H groups in total. The maximum absolute atomic E-state index is 13.3. The Labute approximate surface area is 151 Å². The minimum atomic E-state index is -0.233. The fraction of sp³-hybridized carbons (Fsp3) is 0.211. The van der Waals surface area contributed by atoms with Crippen LogP contribution in [0.4, 0.5) is 4.39 Å². The van der Waals surface area contributed by atoms with Crippen LogP contribution in [0.25, 0.3) is 11.4 Å². The number of aromatic amines is 1. The van der Waals surface area contributed by atoms with Crippen LogP contribution in [0.2, 0.25) is 0 Å². The van der Waals surface area contributed by atoms with Crippen molar-refractivity contribution in [1.82, 2.24) is 25.4 Å². The first-order valence-electron chi connectivity index (χ1n) is 8.26. The van der Waals surface area contributed by atoms with E-state index in [0.717, 1.165) is 28.5 Å². The van der Waals surface area contributed by atoms with Gasteiger partial charge in [-0.1, -0.05) is 30.3 Å². The molecule has 0 unspecified atom stereocenters. The Bertz CT molecular complexity index is 875. The molecule has 0 aliphatic carbocycles. The number of nitrogens with one attached hydrogen (secondary N) is 2. The fourth-order valence-corrected chi connectivity index (χ4v) is 2.72. The van der Waals surface area contributed by atoms with Gasteiger partial charge in [-0.3, -0.25) is 10.1 Å². The lowest BCUT2D eigenvalue weighted by molar-refractivity contribution is 0.474. The van der Waals surface area contributed by atoms with Crippen LogP contribution >= 0.6 is 0 Å². The second-order valence-electron chi connectivity index (χ2n) is 5.92. The first kappa shape index (κ1) is 17.6. The molecule has 3 aromatic rings. The summed E-state index contributed by atoms with van der Waals surface area (Å²) in [7, 11) is 3.65. The highest BCUT2D eigenvalue weighted by molar-refractivity contribution is 5.79. The summed E-state index contributed by atoms with van der Waals surface area (Å²) in [5.74, 6) is 1.24. The number of hydrogen-bond acceptors (Lipinski definition) is 3. The standard InChI is InChI=1S/C19H21FN6/c1-21-19(26(2)12-15-6-4-8-17(20)10-15)22-11-14-5-3-7-16(9-14)18-23-13-24-25-18/h3-10,13H,11-12H2,1-2H3,(H,21,22)(H,23,24,25). The molecule has 0 fully saturated rings. The van der Waals surface area contributed by atoms with E-state index in [4.69, 9.17) is 0 Å². The summed E-state index contributed by atoms with van der Waals surface area (Å²) >= 11 is 0. The number of nitrogens with zero attached hydrogens (tertiary/aromatic N) is 4. The van der Waals surface area contributed by atoms with E-state index >= 15 is 0 Å². The minimum Gasteiger partial charge on any atom is -0.352 e. The minimum absolute atomic E-state index is 0.233. The number of H-pyrrole nitrogens is 1. The topological polar surface area (TPSA) is 69.2 Å². The van der Waals surface area contributed by atoms with E-state index in [2.05, 4.69) is 25.5 Å². The predicted molar refractivity (Wildman–Crippen MR) is 99.9 cm³/mol. The van der Waals surface area contributed by atoms with Gasteiger partial charge in [-0.25, -0.2) is 9.37 Å². The third-order valence-electron chi connectivity index (χ3n) is 3.95. The van der Waals surface area contributed by atoms with E-state index in [9.17, 15) is 4.39 Å². The van der Waals surface area contributed by atoms with Gasteiger partial charge in [0.15, 0.2) is 11.8 Å². The lowest BCUT2D eigenvalue weighted by Crippen LogP contribution is -2.38. The molecule has 0 aliphatic heterocycles. The molecular formula is C19H21FN6. The first-order valence-corrected chi connectivity index (χ1v) is 8.26. The summed E-state index contributed by atoms with van der Waals surface area (Å²) in [6, 6.07) is 14.6. The Morgan fingerprint density at radius 3 is 2.73 bits per heavy atom. The van der Waals surface area contributed by atoms with Crippen LogP contribution in [0.15, 0.2) is 59.9 Å². The van der Waals surface area contributed by atoms with Gasteiger partial charge in [0.2, 0.25) is 0 Å². The van der Waals surface area contributed by atoms with E-state index in [0.29, 0.717) is 13.1 Å². The van der Waals surface area contributed by atoms with Gasteiger partial charge in [0.05, 0.1) is 0 Å². The van der Waals surface area contributed by atoms with Crippen molar-refractivity contribution in [3.8, 4) is 11.4 Å². The summed E-state index contributed by atoms with van der Waals surface area (Å²) in [6.07, 6.45) is 1.49. The third kappa shape index (κ3) is 4.44. The van der Waals surface area contributed by atoms with Crippen molar-refractivity contribution in [2.45, 2.75) is 13.1 Å². The summed E-state index contributed by atoms with van der Waals surface area (Å²) in [4.78, 5) is 10.4. The Morgan fingerprint density at radius 1 is 1.19 bits per heavy atom. The second-order valence-corrected chi connectivity index (χ2v) is 5.92. The predicted octanol–water partition coefficient (Wildman–Crippen LogP) is 2.82. The fourth-order valence-electron chi connectivity index (χ4n) is 2.72. The quantitative estimate of drug-likeness (QED) is 0.547. The smallest absolute Gasteiger partial charge is 0.193 e. The van der Waals surface area contributed by atoms with Gasteiger partial charge in [-0.05, 0) is 29.3 Å². The molecule has 6 nitrogen and oxygen atoms in total. The van der Waals surface area contributed by atoms with Gasteiger partial charge >= 0.3 is 0 Å². The largest absolute Gasteiger partial charge is 0.352 e. The summed E-state index contributed by atoms with van der Waals surface area (Å²) in [6.45, 7) is 1.18. The highest BCUT2D eigenvalue weighted by Crippen LogP contribution is 2.15. The van der Waals surface area contributed by atoms with Gasteiger partial charge in [-0.2, -0.15) is 5.10 Å². The number of aromatic nitrogens is 3.